The Balaban J connectivity index is 2.16. The van der Waals surface area contributed by atoms with Crippen molar-refractivity contribution in [2.75, 3.05) is 20.6 Å². The SMILES string of the molecule is CC1=CC(CCN(C)C)c2ccccc21. The summed E-state index contributed by atoms with van der Waals surface area (Å²) >= 11 is 0. The van der Waals surface area contributed by atoms with Crippen molar-refractivity contribution in [3.05, 3.63) is 41.5 Å². The second kappa shape index (κ2) is 4.19. The van der Waals surface area contributed by atoms with Crippen LogP contribution in [0.1, 0.15) is 30.4 Å². The van der Waals surface area contributed by atoms with Crippen LogP contribution in [-0.4, -0.2) is 25.5 Å². The molecule has 1 aliphatic carbocycles. The molecule has 0 bridgehead atoms. The Labute approximate surface area is 92.4 Å². The highest BCUT2D eigenvalue weighted by atomic mass is 15.0. The lowest BCUT2D eigenvalue weighted by atomic mass is 9.97. The molecule has 1 aromatic carbocycles. The van der Waals surface area contributed by atoms with E-state index in [4.69, 9.17) is 0 Å². The summed E-state index contributed by atoms with van der Waals surface area (Å²) in [5.41, 5.74) is 4.40. The van der Waals surface area contributed by atoms with Gasteiger partial charge in [0.25, 0.3) is 0 Å². The van der Waals surface area contributed by atoms with Crippen LogP contribution in [0.2, 0.25) is 0 Å². The molecule has 0 saturated heterocycles. The zero-order chi connectivity index (χ0) is 10.8. The highest BCUT2D eigenvalue weighted by Crippen LogP contribution is 2.37. The molecular weight excluding hydrogens is 182 g/mol. The van der Waals surface area contributed by atoms with Crippen LogP contribution in [0.4, 0.5) is 0 Å². The average molecular weight is 201 g/mol. The molecule has 80 valence electrons. The smallest absolute Gasteiger partial charge is 0.00420 e. The summed E-state index contributed by atoms with van der Waals surface area (Å²) in [6.07, 6.45) is 3.63. The van der Waals surface area contributed by atoms with Crippen molar-refractivity contribution in [3.8, 4) is 0 Å². The number of allylic oxidation sites excluding steroid dienone is 2. The predicted molar refractivity (Wildman–Crippen MR) is 66.0 cm³/mol. The molecule has 2 rings (SSSR count). The van der Waals surface area contributed by atoms with E-state index in [0.29, 0.717) is 5.92 Å². The molecule has 0 heterocycles. The molecule has 0 aromatic heterocycles. The van der Waals surface area contributed by atoms with Gasteiger partial charge in [-0.2, -0.15) is 0 Å². The Morgan fingerprint density at radius 1 is 1.20 bits per heavy atom. The maximum Gasteiger partial charge on any atom is 0.00420 e. The van der Waals surface area contributed by atoms with Crippen molar-refractivity contribution < 1.29 is 0 Å². The number of nitrogens with zero attached hydrogens (tertiary/aromatic N) is 1. The van der Waals surface area contributed by atoms with E-state index in [1.54, 1.807) is 0 Å². The van der Waals surface area contributed by atoms with Crippen LogP contribution in [0.5, 0.6) is 0 Å². The van der Waals surface area contributed by atoms with Crippen LogP contribution in [0, 0.1) is 0 Å². The van der Waals surface area contributed by atoms with Crippen LogP contribution in [-0.2, 0) is 0 Å². The minimum atomic E-state index is 0.628. The Morgan fingerprint density at radius 2 is 1.93 bits per heavy atom. The summed E-state index contributed by atoms with van der Waals surface area (Å²) < 4.78 is 0. The van der Waals surface area contributed by atoms with Gasteiger partial charge in [-0.05, 0) is 50.7 Å². The molecule has 15 heavy (non-hydrogen) atoms. The zero-order valence-electron chi connectivity index (χ0n) is 9.83. The summed E-state index contributed by atoms with van der Waals surface area (Å²) in [4.78, 5) is 2.25. The van der Waals surface area contributed by atoms with Crippen molar-refractivity contribution in [1.82, 2.24) is 4.90 Å². The largest absolute Gasteiger partial charge is 0.309 e. The Morgan fingerprint density at radius 3 is 2.67 bits per heavy atom. The van der Waals surface area contributed by atoms with E-state index in [2.05, 4.69) is 56.3 Å². The fourth-order valence-corrected chi connectivity index (χ4v) is 2.30. The number of benzene rings is 1. The lowest BCUT2D eigenvalue weighted by molar-refractivity contribution is 0.393. The van der Waals surface area contributed by atoms with Gasteiger partial charge in [0, 0.05) is 5.92 Å². The van der Waals surface area contributed by atoms with Crippen molar-refractivity contribution in [1.29, 1.82) is 0 Å². The van der Waals surface area contributed by atoms with Gasteiger partial charge in [-0.25, -0.2) is 0 Å². The number of hydrogen-bond acceptors (Lipinski definition) is 1. The van der Waals surface area contributed by atoms with Crippen molar-refractivity contribution >= 4 is 5.57 Å². The fraction of sp³-hybridized carbons (Fsp3) is 0.429. The first-order valence-electron chi connectivity index (χ1n) is 5.61. The highest BCUT2D eigenvalue weighted by molar-refractivity contribution is 5.73. The van der Waals surface area contributed by atoms with Gasteiger partial charge in [0.15, 0.2) is 0 Å². The molecule has 0 amide bonds. The molecule has 1 unspecified atom stereocenters. The second-order valence-electron chi connectivity index (χ2n) is 4.64. The van der Waals surface area contributed by atoms with Gasteiger partial charge in [0.1, 0.15) is 0 Å². The molecule has 0 radical (unpaired) electrons. The van der Waals surface area contributed by atoms with E-state index in [1.165, 1.54) is 23.1 Å². The normalized spacial score (nSPS) is 19.2. The fourth-order valence-electron chi connectivity index (χ4n) is 2.30. The lowest BCUT2D eigenvalue weighted by Crippen LogP contribution is -2.14. The van der Waals surface area contributed by atoms with Gasteiger partial charge in [-0.3, -0.25) is 0 Å². The maximum absolute atomic E-state index is 2.41. The first-order chi connectivity index (χ1) is 7.18. The molecular formula is C14H19N. The molecule has 1 heteroatoms. The van der Waals surface area contributed by atoms with Crippen LogP contribution < -0.4 is 0 Å². The van der Waals surface area contributed by atoms with Crippen molar-refractivity contribution in [2.45, 2.75) is 19.3 Å². The Bertz CT molecular complexity index is 377. The number of fused-ring (bicyclic) bond motifs is 1. The highest BCUT2D eigenvalue weighted by Gasteiger charge is 2.19. The molecule has 1 aliphatic rings. The summed E-state index contributed by atoms with van der Waals surface area (Å²) in [5, 5.41) is 0. The summed E-state index contributed by atoms with van der Waals surface area (Å²) in [6.45, 7) is 3.37. The topological polar surface area (TPSA) is 3.24 Å². The van der Waals surface area contributed by atoms with Gasteiger partial charge in [-0.15, -0.1) is 0 Å². The van der Waals surface area contributed by atoms with E-state index in [0.717, 1.165) is 6.54 Å². The minimum absolute atomic E-state index is 0.628. The minimum Gasteiger partial charge on any atom is -0.309 e. The molecule has 0 N–H and O–H groups in total. The van der Waals surface area contributed by atoms with E-state index < -0.39 is 0 Å². The summed E-state index contributed by atoms with van der Waals surface area (Å²) in [6, 6.07) is 8.78. The first-order valence-corrected chi connectivity index (χ1v) is 5.61. The number of hydrogen-bond donors (Lipinski definition) is 0. The van der Waals surface area contributed by atoms with Gasteiger partial charge in [0.05, 0.1) is 0 Å². The second-order valence-corrected chi connectivity index (χ2v) is 4.64. The standard InChI is InChI=1S/C14H19N/c1-11-10-12(8-9-15(2)3)14-7-5-4-6-13(11)14/h4-7,10,12H,8-9H2,1-3H3. The van der Waals surface area contributed by atoms with E-state index >= 15 is 0 Å². The first kappa shape index (κ1) is 10.4. The number of rotatable bonds is 3. The molecule has 1 aromatic rings. The van der Waals surface area contributed by atoms with Gasteiger partial charge < -0.3 is 4.90 Å². The predicted octanol–water partition coefficient (Wildman–Crippen LogP) is 3.14. The Kier molecular flexibility index (Phi) is 2.92. The molecule has 1 atom stereocenters. The van der Waals surface area contributed by atoms with Crippen molar-refractivity contribution in [3.63, 3.8) is 0 Å². The van der Waals surface area contributed by atoms with Crippen LogP contribution >= 0.6 is 0 Å². The molecule has 0 fully saturated rings. The summed E-state index contributed by atoms with van der Waals surface area (Å²) in [5.74, 6) is 0.628. The van der Waals surface area contributed by atoms with Crippen LogP contribution in [0.25, 0.3) is 5.57 Å². The van der Waals surface area contributed by atoms with Gasteiger partial charge in [0.2, 0.25) is 0 Å². The Hall–Kier alpha value is -1.08. The lowest BCUT2D eigenvalue weighted by Gasteiger charge is -2.14. The van der Waals surface area contributed by atoms with Crippen molar-refractivity contribution in [2.24, 2.45) is 0 Å². The van der Waals surface area contributed by atoms with E-state index in [-0.39, 0.29) is 0 Å². The molecule has 0 spiro atoms. The summed E-state index contributed by atoms with van der Waals surface area (Å²) in [7, 11) is 4.27. The molecule has 0 aliphatic heterocycles. The third-order valence-electron chi connectivity index (χ3n) is 3.12. The average Bonchev–Trinajstić information content (AvgIpc) is 2.54. The zero-order valence-corrected chi connectivity index (χ0v) is 9.83. The third kappa shape index (κ3) is 2.13. The van der Waals surface area contributed by atoms with E-state index in [1.807, 2.05) is 0 Å². The van der Waals surface area contributed by atoms with Gasteiger partial charge in [-0.1, -0.05) is 30.3 Å². The van der Waals surface area contributed by atoms with Crippen LogP contribution in [0.15, 0.2) is 30.3 Å². The van der Waals surface area contributed by atoms with Crippen LogP contribution in [0.3, 0.4) is 0 Å². The molecule has 0 saturated carbocycles. The third-order valence-corrected chi connectivity index (χ3v) is 3.12. The monoisotopic (exact) mass is 201 g/mol. The maximum atomic E-state index is 2.41. The van der Waals surface area contributed by atoms with E-state index in [9.17, 15) is 0 Å². The van der Waals surface area contributed by atoms with Gasteiger partial charge >= 0.3 is 0 Å². The quantitative estimate of drug-likeness (QED) is 0.726. The molecule has 1 nitrogen and oxygen atoms in total.